The molecule has 0 aliphatic carbocycles. The highest BCUT2D eigenvalue weighted by Crippen LogP contribution is 2.16. The summed E-state index contributed by atoms with van der Waals surface area (Å²) in [5.41, 5.74) is 1.39. The van der Waals surface area contributed by atoms with E-state index >= 15 is 0 Å². The molecule has 1 aromatic carbocycles. The van der Waals surface area contributed by atoms with E-state index in [1.807, 2.05) is 34.1 Å². The molecule has 0 atom stereocenters. The van der Waals surface area contributed by atoms with Gasteiger partial charge in [0.15, 0.2) is 0 Å². The lowest BCUT2D eigenvalue weighted by molar-refractivity contribution is 0.0721. The van der Waals surface area contributed by atoms with Crippen LogP contribution < -0.4 is 0 Å². The molecule has 4 nitrogen and oxygen atoms in total. The van der Waals surface area contributed by atoms with Gasteiger partial charge in [-0.05, 0) is 56.4 Å². The summed E-state index contributed by atoms with van der Waals surface area (Å²) in [5, 5.41) is 0. The Morgan fingerprint density at radius 1 is 0.565 bits per heavy atom. The second kappa shape index (κ2) is 7.62. The van der Waals surface area contributed by atoms with Crippen LogP contribution in [0, 0.1) is 0 Å². The van der Waals surface area contributed by atoms with Crippen LogP contribution in [0.3, 0.4) is 0 Å². The second-order valence-corrected chi connectivity index (χ2v) is 6.64. The average molecular weight is 314 g/mol. The van der Waals surface area contributed by atoms with Gasteiger partial charge in [-0.1, -0.05) is 12.8 Å². The zero-order valence-corrected chi connectivity index (χ0v) is 13.8. The van der Waals surface area contributed by atoms with E-state index in [0.29, 0.717) is 11.1 Å². The Bertz CT molecular complexity index is 539. The number of hydrogen-bond donors (Lipinski definition) is 0. The predicted molar refractivity (Wildman–Crippen MR) is 90.6 cm³/mol. The van der Waals surface area contributed by atoms with Crippen molar-refractivity contribution in [3.05, 3.63) is 35.4 Å². The van der Waals surface area contributed by atoms with E-state index in [1.54, 1.807) is 0 Å². The summed E-state index contributed by atoms with van der Waals surface area (Å²) in [6.45, 7) is 3.42. The zero-order valence-electron chi connectivity index (χ0n) is 13.8. The molecule has 124 valence electrons. The summed E-state index contributed by atoms with van der Waals surface area (Å²) >= 11 is 0. The second-order valence-electron chi connectivity index (χ2n) is 6.64. The van der Waals surface area contributed by atoms with Crippen molar-refractivity contribution in [3.8, 4) is 0 Å². The summed E-state index contributed by atoms with van der Waals surface area (Å²) in [6, 6.07) is 7.23. The maximum Gasteiger partial charge on any atom is 0.253 e. The van der Waals surface area contributed by atoms with Crippen LogP contribution in [-0.2, 0) is 0 Å². The van der Waals surface area contributed by atoms with Gasteiger partial charge in [0.05, 0.1) is 0 Å². The summed E-state index contributed by atoms with van der Waals surface area (Å²) in [5.74, 6) is 0.197. The van der Waals surface area contributed by atoms with E-state index in [4.69, 9.17) is 0 Å². The molecular formula is C19H26N2O2. The molecule has 2 fully saturated rings. The van der Waals surface area contributed by atoms with Gasteiger partial charge in [0.25, 0.3) is 11.8 Å². The Hall–Kier alpha value is -1.84. The lowest BCUT2D eigenvalue weighted by Crippen LogP contribution is -2.35. The first-order valence-corrected chi connectivity index (χ1v) is 8.94. The third kappa shape index (κ3) is 3.92. The highest BCUT2D eigenvalue weighted by molar-refractivity contribution is 5.97. The number of benzene rings is 1. The SMILES string of the molecule is O=C(c1ccc(C(=O)N2CCCCC2)cc1)N1CCCCCC1. The quantitative estimate of drug-likeness (QED) is 0.840. The van der Waals surface area contributed by atoms with Crippen LogP contribution in [0.4, 0.5) is 0 Å². The van der Waals surface area contributed by atoms with Crippen molar-refractivity contribution in [3.63, 3.8) is 0 Å². The molecule has 0 saturated carbocycles. The minimum atomic E-state index is 0.0958. The Balaban J connectivity index is 1.66. The van der Waals surface area contributed by atoms with Crippen molar-refractivity contribution in [2.24, 2.45) is 0 Å². The van der Waals surface area contributed by atoms with Gasteiger partial charge in [0.2, 0.25) is 0 Å². The lowest BCUT2D eigenvalue weighted by Gasteiger charge is -2.26. The Labute approximate surface area is 138 Å². The highest BCUT2D eigenvalue weighted by Gasteiger charge is 2.20. The standard InChI is InChI=1S/C19H26N2O2/c22-18(20-12-4-1-2-5-13-20)16-8-10-17(11-9-16)19(23)21-14-6-3-7-15-21/h8-11H,1-7,12-15H2. The molecule has 0 N–H and O–H groups in total. The monoisotopic (exact) mass is 314 g/mol. The van der Waals surface area contributed by atoms with Crippen LogP contribution in [0.25, 0.3) is 0 Å². The highest BCUT2D eigenvalue weighted by atomic mass is 16.2. The van der Waals surface area contributed by atoms with Gasteiger partial charge >= 0.3 is 0 Å². The van der Waals surface area contributed by atoms with Crippen LogP contribution in [0.1, 0.15) is 65.7 Å². The van der Waals surface area contributed by atoms with Crippen LogP contribution in [-0.4, -0.2) is 47.8 Å². The molecule has 0 spiro atoms. The van der Waals surface area contributed by atoms with Gasteiger partial charge in [-0.2, -0.15) is 0 Å². The molecular weight excluding hydrogens is 288 g/mol. The number of hydrogen-bond acceptors (Lipinski definition) is 2. The van der Waals surface area contributed by atoms with Crippen LogP contribution >= 0.6 is 0 Å². The molecule has 0 aromatic heterocycles. The largest absolute Gasteiger partial charge is 0.339 e. The molecule has 4 heteroatoms. The molecule has 1 aromatic rings. The molecule has 2 amide bonds. The number of nitrogens with zero attached hydrogens (tertiary/aromatic N) is 2. The minimum absolute atomic E-state index is 0.0958. The number of carbonyl (C=O) groups is 2. The van der Waals surface area contributed by atoms with E-state index < -0.39 is 0 Å². The van der Waals surface area contributed by atoms with Crippen molar-refractivity contribution in [2.75, 3.05) is 26.2 Å². The smallest absolute Gasteiger partial charge is 0.253 e. The molecule has 0 unspecified atom stereocenters. The topological polar surface area (TPSA) is 40.6 Å². The van der Waals surface area contributed by atoms with Crippen LogP contribution in [0.15, 0.2) is 24.3 Å². The van der Waals surface area contributed by atoms with E-state index in [9.17, 15) is 9.59 Å². The van der Waals surface area contributed by atoms with E-state index in [-0.39, 0.29) is 11.8 Å². The number of carbonyl (C=O) groups excluding carboxylic acids is 2. The third-order valence-electron chi connectivity index (χ3n) is 4.92. The number of rotatable bonds is 2. The molecule has 23 heavy (non-hydrogen) atoms. The van der Waals surface area contributed by atoms with Crippen molar-refractivity contribution in [1.29, 1.82) is 0 Å². The Morgan fingerprint density at radius 3 is 1.22 bits per heavy atom. The number of amides is 2. The van der Waals surface area contributed by atoms with Gasteiger partial charge in [0.1, 0.15) is 0 Å². The summed E-state index contributed by atoms with van der Waals surface area (Å²) in [4.78, 5) is 28.9. The van der Waals surface area contributed by atoms with Crippen molar-refractivity contribution in [2.45, 2.75) is 44.9 Å². The normalized spacial score (nSPS) is 19.3. The number of likely N-dealkylation sites (tertiary alicyclic amines) is 2. The van der Waals surface area contributed by atoms with Gasteiger partial charge < -0.3 is 9.80 Å². The van der Waals surface area contributed by atoms with E-state index in [0.717, 1.165) is 51.9 Å². The lowest BCUT2D eigenvalue weighted by atomic mass is 10.1. The Kier molecular flexibility index (Phi) is 5.31. The first kappa shape index (κ1) is 16.0. The molecule has 3 rings (SSSR count). The fourth-order valence-electron chi connectivity index (χ4n) is 3.49. The molecule has 0 radical (unpaired) electrons. The van der Waals surface area contributed by atoms with Gasteiger partial charge in [-0.25, -0.2) is 0 Å². The van der Waals surface area contributed by atoms with E-state index in [2.05, 4.69) is 0 Å². The van der Waals surface area contributed by atoms with E-state index in [1.165, 1.54) is 19.3 Å². The molecule has 2 saturated heterocycles. The van der Waals surface area contributed by atoms with Crippen molar-refractivity contribution in [1.82, 2.24) is 9.80 Å². The fraction of sp³-hybridized carbons (Fsp3) is 0.579. The fourth-order valence-corrected chi connectivity index (χ4v) is 3.49. The third-order valence-corrected chi connectivity index (χ3v) is 4.92. The molecule has 2 heterocycles. The summed E-state index contributed by atoms with van der Waals surface area (Å²) < 4.78 is 0. The van der Waals surface area contributed by atoms with Gasteiger partial charge in [0, 0.05) is 37.3 Å². The van der Waals surface area contributed by atoms with Gasteiger partial charge in [-0.3, -0.25) is 9.59 Å². The average Bonchev–Trinajstić information content (AvgIpc) is 2.91. The molecule has 2 aliphatic rings. The maximum atomic E-state index is 12.6. The van der Waals surface area contributed by atoms with Crippen LogP contribution in [0.5, 0.6) is 0 Å². The van der Waals surface area contributed by atoms with Crippen LogP contribution in [0.2, 0.25) is 0 Å². The maximum absolute atomic E-state index is 12.6. The van der Waals surface area contributed by atoms with Crippen molar-refractivity contribution >= 4 is 11.8 Å². The minimum Gasteiger partial charge on any atom is -0.339 e. The summed E-state index contributed by atoms with van der Waals surface area (Å²) in [6.07, 6.45) is 8.02. The first-order valence-electron chi connectivity index (χ1n) is 8.94. The first-order chi connectivity index (χ1) is 11.3. The van der Waals surface area contributed by atoms with Gasteiger partial charge in [-0.15, -0.1) is 0 Å². The molecule has 0 bridgehead atoms. The van der Waals surface area contributed by atoms with Crippen molar-refractivity contribution < 1.29 is 9.59 Å². The Morgan fingerprint density at radius 2 is 0.870 bits per heavy atom. The number of piperidine rings is 1. The molecule has 2 aliphatic heterocycles. The predicted octanol–water partition coefficient (Wildman–Crippen LogP) is 3.33. The summed E-state index contributed by atoms with van der Waals surface area (Å²) in [7, 11) is 0. The zero-order chi connectivity index (χ0) is 16.1.